The number of hydrogen-bond acceptors (Lipinski definition) is 8. The van der Waals surface area contributed by atoms with Gasteiger partial charge in [-0.1, -0.05) is 6.07 Å². The van der Waals surface area contributed by atoms with E-state index in [4.69, 9.17) is 21.1 Å². The number of rotatable bonds is 8. The Bertz CT molecular complexity index is 1120. The van der Waals surface area contributed by atoms with E-state index >= 15 is 0 Å². The number of benzene rings is 2. The van der Waals surface area contributed by atoms with E-state index < -0.39 is 15.0 Å². The lowest BCUT2D eigenvalue weighted by Crippen LogP contribution is -2.36. The molecule has 2 N–H and O–H groups in total. The highest BCUT2D eigenvalue weighted by atomic mass is 32.2. The van der Waals surface area contributed by atoms with Crippen molar-refractivity contribution in [3.63, 3.8) is 0 Å². The van der Waals surface area contributed by atoms with E-state index in [-0.39, 0.29) is 28.1 Å². The zero-order valence-electron chi connectivity index (χ0n) is 17.3. The Morgan fingerprint density at radius 3 is 2.55 bits per heavy atom. The maximum atomic E-state index is 12.6. The van der Waals surface area contributed by atoms with E-state index in [0.29, 0.717) is 16.2 Å². The predicted molar refractivity (Wildman–Crippen MR) is 120 cm³/mol. The molecular formula is C19H22N4O6S2. The van der Waals surface area contributed by atoms with Crippen LogP contribution in [-0.4, -0.2) is 37.8 Å². The van der Waals surface area contributed by atoms with Gasteiger partial charge in [-0.05, 0) is 62.8 Å². The molecule has 0 aliphatic carbocycles. The molecule has 0 atom stereocenters. The van der Waals surface area contributed by atoms with Gasteiger partial charge in [0.1, 0.15) is 4.90 Å². The smallest absolute Gasteiger partial charge is 0.339 e. The summed E-state index contributed by atoms with van der Waals surface area (Å²) in [6, 6.07) is 8.18. The first-order chi connectivity index (χ1) is 14.5. The lowest BCUT2D eigenvalue weighted by atomic mass is 10.2. The minimum Gasteiger partial charge on any atom is -0.493 e. The SMILES string of the molecule is COc1cc(C=NNC(=S)NC(C)C)ccc1OS(=O)(=O)c1ccc(C)c([N+](=O)[O-])c1. The number of nitrogens with zero attached hydrogens (tertiary/aromatic N) is 2. The van der Waals surface area contributed by atoms with Crippen LogP contribution in [0.1, 0.15) is 25.0 Å². The van der Waals surface area contributed by atoms with E-state index in [2.05, 4.69) is 15.8 Å². The molecule has 10 nitrogen and oxygen atoms in total. The number of nitro groups is 1. The minimum atomic E-state index is -4.33. The first-order valence-corrected chi connectivity index (χ1v) is 10.8. The molecule has 0 radical (unpaired) electrons. The van der Waals surface area contributed by atoms with E-state index in [9.17, 15) is 18.5 Å². The van der Waals surface area contributed by atoms with Crippen molar-refractivity contribution in [2.24, 2.45) is 5.10 Å². The quantitative estimate of drug-likeness (QED) is 0.198. The van der Waals surface area contributed by atoms with Crippen LogP contribution in [0.25, 0.3) is 0 Å². The fourth-order valence-electron chi connectivity index (χ4n) is 2.40. The highest BCUT2D eigenvalue weighted by Crippen LogP contribution is 2.31. The van der Waals surface area contributed by atoms with Crippen LogP contribution in [0.3, 0.4) is 0 Å². The zero-order chi connectivity index (χ0) is 23.2. The van der Waals surface area contributed by atoms with Gasteiger partial charge >= 0.3 is 10.1 Å². The van der Waals surface area contributed by atoms with Crippen LogP contribution < -0.4 is 19.7 Å². The average molecular weight is 467 g/mol. The lowest BCUT2D eigenvalue weighted by molar-refractivity contribution is -0.385. The largest absolute Gasteiger partial charge is 0.493 e. The Morgan fingerprint density at radius 1 is 1.23 bits per heavy atom. The summed E-state index contributed by atoms with van der Waals surface area (Å²) < 4.78 is 35.6. The van der Waals surface area contributed by atoms with Crippen molar-refractivity contribution in [2.45, 2.75) is 31.7 Å². The number of thiocarbonyl (C=S) groups is 1. The molecule has 0 saturated carbocycles. The Balaban J connectivity index is 2.23. The lowest BCUT2D eigenvalue weighted by Gasteiger charge is -2.12. The summed E-state index contributed by atoms with van der Waals surface area (Å²) in [4.78, 5) is 10.1. The van der Waals surface area contributed by atoms with Crippen LogP contribution in [0.4, 0.5) is 5.69 Å². The van der Waals surface area contributed by atoms with Gasteiger partial charge in [-0.3, -0.25) is 15.5 Å². The molecule has 31 heavy (non-hydrogen) atoms. The summed E-state index contributed by atoms with van der Waals surface area (Å²) in [5, 5.41) is 18.4. The van der Waals surface area contributed by atoms with Gasteiger partial charge in [-0.25, -0.2) is 0 Å². The van der Waals surface area contributed by atoms with Gasteiger partial charge < -0.3 is 14.2 Å². The van der Waals surface area contributed by atoms with Crippen molar-refractivity contribution in [1.82, 2.24) is 10.7 Å². The van der Waals surface area contributed by atoms with Crippen LogP contribution in [0.5, 0.6) is 11.5 Å². The van der Waals surface area contributed by atoms with Crippen LogP contribution in [-0.2, 0) is 10.1 Å². The van der Waals surface area contributed by atoms with Crippen molar-refractivity contribution < 1.29 is 22.3 Å². The van der Waals surface area contributed by atoms with E-state index in [1.165, 1.54) is 44.5 Å². The molecule has 0 bridgehead atoms. The van der Waals surface area contributed by atoms with Crippen molar-refractivity contribution >= 4 is 39.4 Å². The van der Waals surface area contributed by atoms with Gasteiger partial charge in [0.05, 0.1) is 18.2 Å². The molecule has 166 valence electrons. The second kappa shape index (κ2) is 10.2. The first kappa shape index (κ1) is 24.0. The van der Waals surface area contributed by atoms with E-state index in [0.717, 1.165) is 6.07 Å². The Labute approximate surface area is 185 Å². The minimum absolute atomic E-state index is 0.0761. The number of ether oxygens (including phenoxy) is 1. The normalized spacial score (nSPS) is 11.4. The number of hydrazone groups is 1. The second-order valence-corrected chi connectivity index (χ2v) is 8.61. The molecule has 0 unspecified atom stereocenters. The van der Waals surface area contributed by atoms with Crippen molar-refractivity contribution in [3.05, 3.63) is 57.6 Å². The molecular weight excluding hydrogens is 444 g/mol. The van der Waals surface area contributed by atoms with Gasteiger partial charge in [0.15, 0.2) is 16.6 Å². The summed E-state index contributed by atoms with van der Waals surface area (Å²) >= 11 is 5.06. The molecule has 2 aromatic carbocycles. The number of nitro benzene ring substituents is 1. The zero-order valence-corrected chi connectivity index (χ0v) is 18.9. The standard InChI is InChI=1S/C19H22N4O6S2/c1-12(2)21-19(30)22-20-11-14-6-8-17(18(9-14)28-4)29-31(26,27)15-7-5-13(3)16(10-15)23(24)25/h5-12H,1-4H3,(H2,21,22,30). The number of methoxy groups -OCH3 is 1. The second-order valence-electron chi connectivity index (χ2n) is 6.65. The Kier molecular flexibility index (Phi) is 7.89. The molecule has 12 heteroatoms. The summed E-state index contributed by atoms with van der Waals surface area (Å²) in [6.45, 7) is 5.38. The highest BCUT2D eigenvalue weighted by molar-refractivity contribution is 7.87. The molecule has 0 aromatic heterocycles. The third-order valence-electron chi connectivity index (χ3n) is 3.85. The Morgan fingerprint density at radius 2 is 1.94 bits per heavy atom. The molecule has 0 amide bonds. The maximum Gasteiger partial charge on any atom is 0.339 e. The van der Waals surface area contributed by atoms with Crippen LogP contribution >= 0.6 is 12.2 Å². The van der Waals surface area contributed by atoms with E-state index in [1.54, 1.807) is 6.07 Å². The summed E-state index contributed by atoms with van der Waals surface area (Å²) in [6.07, 6.45) is 1.47. The van der Waals surface area contributed by atoms with Gasteiger partial charge in [0.25, 0.3) is 5.69 Å². The maximum absolute atomic E-state index is 12.6. The predicted octanol–water partition coefficient (Wildman–Crippen LogP) is 2.89. The molecule has 0 aliphatic rings. The van der Waals surface area contributed by atoms with E-state index in [1.807, 2.05) is 13.8 Å². The van der Waals surface area contributed by atoms with Gasteiger partial charge in [0.2, 0.25) is 0 Å². The van der Waals surface area contributed by atoms with Crippen LogP contribution in [0.15, 0.2) is 46.4 Å². The van der Waals surface area contributed by atoms with Crippen molar-refractivity contribution in [3.8, 4) is 11.5 Å². The summed E-state index contributed by atoms with van der Waals surface area (Å²) in [5.74, 6) is 0.0600. The van der Waals surface area contributed by atoms with Gasteiger partial charge in [-0.2, -0.15) is 13.5 Å². The highest BCUT2D eigenvalue weighted by Gasteiger charge is 2.23. The fourth-order valence-corrected chi connectivity index (χ4v) is 3.65. The van der Waals surface area contributed by atoms with Crippen LogP contribution in [0, 0.1) is 17.0 Å². The molecule has 2 aromatic rings. The molecule has 0 saturated heterocycles. The average Bonchev–Trinajstić information content (AvgIpc) is 2.68. The Hall–Kier alpha value is -3.25. The van der Waals surface area contributed by atoms with Gasteiger partial charge in [-0.15, -0.1) is 0 Å². The summed E-state index contributed by atoms with van der Waals surface area (Å²) in [5.41, 5.74) is 3.27. The fraction of sp³-hybridized carbons (Fsp3) is 0.263. The number of hydrogen-bond donors (Lipinski definition) is 2. The third-order valence-corrected chi connectivity index (χ3v) is 5.29. The van der Waals surface area contributed by atoms with Crippen LogP contribution in [0.2, 0.25) is 0 Å². The topological polar surface area (TPSA) is 132 Å². The number of aryl methyl sites for hydroxylation is 1. The summed E-state index contributed by atoms with van der Waals surface area (Å²) in [7, 11) is -2.97. The van der Waals surface area contributed by atoms with Gasteiger partial charge in [0, 0.05) is 17.7 Å². The molecule has 0 aliphatic heterocycles. The number of nitrogens with one attached hydrogen (secondary N) is 2. The third kappa shape index (κ3) is 6.62. The van der Waals surface area contributed by atoms with Crippen molar-refractivity contribution in [1.29, 1.82) is 0 Å². The first-order valence-electron chi connectivity index (χ1n) is 9.00. The molecule has 0 spiro atoms. The molecule has 2 rings (SSSR count). The molecule has 0 fully saturated rings. The molecule has 0 heterocycles. The van der Waals surface area contributed by atoms with Crippen molar-refractivity contribution in [2.75, 3.05) is 7.11 Å². The monoisotopic (exact) mass is 466 g/mol.